The monoisotopic (exact) mass is 264 g/mol. The predicted molar refractivity (Wildman–Crippen MR) is 75.5 cm³/mol. The van der Waals surface area contributed by atoms with E-state index in [9.17, 15) is 4.79 Å². The van der Waals surface area contributed by atoms with Crippen LogP contribution in [0.4, 0.5) is 5.82 Å². The number of aromatic nitrogens is 2. The van der Waals surface area contributed by atoms with Gasteiger partial charge in [-0.05, 0) is 24.2 Å². The van der Waals surface area contributed by atoms with Gasteiger partial charge < -0.3 is 11.1 Å². The summed E-state index contributed by atoms with van der Waals surface area (Å²) in [6, 6.07) is 2.00. The van der Waals surface area contributed by atoms with E-state index >= 15 is 0 Å². The minimum absolute atomic E-state index is 0.00990. The average molecular weight is 264 g/mol. The lowest BCUT2D eigenvalue weighted by atomic mass is 9.61. The fourth-order valence-corrected chi connectivity index (χ4v) is 3.01. The minimum Gasteiger partial charge on any atom is -0.327 e. The second kappa shape index (κ2) is 4.96. The van der Waals surface area contributed by atoms with Gasteiger partial charge in [-0.1, -0.05) is 20.8 Å². The Morgan fingerprint density at radius 1 is 1.53 bits per heavy atom. The molecule has 1 aliphatic carbocycles. The second-order valence-corrected chi connectivity index (χ2v) is 6.27. The first kappa shape index (κ1) is 14.1. The fraction of sp³-hybridized carbons (Fsp3) is 0.714. The first-order chi connectivity index (χ1) is 8.82. The average Bonchev–Trinajstić information content (AvgIpc) is 2.71. The van der Waals surface area contributed by atoms with E-state index in [0.717, 1.165) is 12.8 Å². The van der Waals surface area contributed by atoms with Gasteiger partial charge in [-0.2, -0.15) is 5.10 Å². The van der Waals surface area contributed by atoms with Crippen molar-refractivity contribution in [1.29, 1.82) is 0 Å². The lowest BCUT2D eigenvalue weighted by Gasteiger charge is -2.45. The number of nitrogens with zero attached hydrogens (tertiary/aromatic N) is 2. The zero-order chi connectivity index (χ0) is 14.2. The molecule has 5 nitrogen and oxygen atoms in total. The molecule has 0 saturated heterocycles. The highest BCUT2D eigenvalue weighted by Gasteiger charge is 2.45. The molecule has 3 atom stereocenters. The van der Waals surface area contributed by atoms with Crippen LogP contribution in [0.2, 0.25) is 0 Å². The van der Waals surface area contributed by atoms with E-state index in [-0.39, 0.29) is 23.3 Å². The molecule has 1 fully saturated rings. The Kier molecular flexibility index (Phi) is 3.67. The van der Waals surface area contributed by atoms with E-state index in [1.807, 2.05) is 19.3 Å². The number of anilines is 1. The van der Waals surface area contributed by atoms with E-state index in [4.69, 9.17) is 5.73 Å². The van der Waals surface area contributed by atoms with Crippen molar-refractivity contribution in [2.24, 2.45) is 30.0 Å². The summed E-state index contributed by atoms with van der Waals surface area (Å²) in [4.78, 5) is 12.4. The van der Waals surface area contributed by atoms with Crippen molar-refractivity contribution < 1.29 is 4.79 Å². The van der Waals surface area contributed by atoms with Crippen molar-refractivity contribution in [1.82, 2.24) is 9.78 Å². The van der Waals surface area contributed by atoms with Gasteiger partial charge >= 0.3 is 0 Å². The third kappa shape index (κ3) is 2.66. The number of nitrogens with one attached hydrogen (secondary N) is 1. The minimum atomic E-state index is -0.0868. The molecule has 1 heterocycles. The number of rotatable bonds is 2. The molecule has 2 rings (SSSR count). The van der Waals surface area contributed by atoms with E-state index in [0.29, 0.717) is 11.7 Å². The normalized spacial score (nSPS) is 30.1. The summed E-state index contributed by atoms with van der Waals surface area (Å²) < 4.78 is 1.68. The van der Waals surface area contributed by atoms with E-state index < -0.39 is 0 Å². The summed E-state index contributed by atoms with van der Waals surface area (Å²) in [6.07, 6.45) is 3.57. The van der Waals surface area contributed by atoms with Gasteiger partial charge in [-0.25, -0.2) is 0 Å². The maximum Gasteiger partial charge on any atom is 0.229 e. The van der Waals surface area contributed by atoms with Crippen molar-refractivity contribution in [3.63, 3.8) is 0 Å². The van der Waals surface area contributed by atoms with Crippen molar-refractivity contribution in [2.45, 2.75) is 39.7 Å². The summed E-state index contributed by atoms with van der Waals surface area (Å²) in [5.41, 5.74) is 6.04. The number of carbonyl (C=O) groups excluding carboxylic acids is 1. The Balaban J connectivity index is 2.10. The summed E-state index contributed by atoms with van der Waals surface area (Å²) in [5, 5.41) is 7.10. The van der Waals surface area contributed by atoms with Crippen LogP contribution in [0.15, 0.2) is 12.3 Å². The standard InChI is InChI=1S/C14H24N4O/c1-9-11(15)6-5-10(14(9,2)3)13(19)16-12-7-8-18(4)17-12/h7-11H,5-6,15H2,1-4H3,(H,16,17,19). The van der Waals surface area contributed by atoms with Gasteiger partial charge in [0.25, 0.3) is 0 Å². The van der Waals surface area contributed by atoms with Gasteiger partial charge in [-0.3, -0.25) is 9.48 Å². The number of aryl methyl sites for hydroxylation is 1. The van der Waals surface area contributed by atoms with Crippen LogP contribution in [0.3, 0.4) is 0 Å². The zero-order valence-electron chi connectivity index (χ0n) is 12.2. The Bertz CT molecular complexity index is 466. The van der Waals surface area contributed by atoms with Crippen LogP contribution in [-0.4, -0.2) is 21.7 Å². The lowest BCUT2D eigenvalue weighted by Crippen LogP contribution is -2.50. The SMILES string of the molecule is CC1C(N)CCC(C(=O)Nc2ccn(C)n2)C1(C)C. The molecule has 3 unspecified atom stereocenters. The molecule has 1 amide bonds. The van der Waals surface area contributed by atoms with E-state index in [1.165, 1.54) is 0 Å². The Labute approximate surface area is 114 Å². The second-order valence-electron chi connectivity index (χ2n) is 6.27. The Hall–Kier alpha value is -1.36. The first-order valence-corrected chi connectivity index (χ1v) is 6.88. The third-order valence-electron chi connectivity index (χ3n) is 4.78. The summed E-state index contributed by atoms with van der Waals surface area (Å²) in [7, 11) is 1.83. The molecule has 0 aromatic carbocycles. The van der Waals surface area contributed by atoms with E-state index in [2.05, 4.69) is 31.2 Å². The molecule has 1 aromatic rings. The molecule has 106 valence electrons. The van der Waals surface area contributed by atoms with Crippen LogP contribution in [0, 0.1) is 17.3 Å². The number of carbonyl (C=O) groups is 1. The van der Waals surface area contributed by atoms with Gasteiger partial charge in [0.15, 0.2) is 5.82 Å². The fourth-order valence-electron chi connectivity index (χ4n) is 3.01. The van der Waals surface area contributed by atoms with Crippen LogP contribution in [0.5, 0.6) is 0 Å². The summed E-state index contributed by atoms with van der Waals surface area (Å²) >= 11 is 0. The number of hydrogen-bond donors (Lipinski definition) is 2. The molecular weight excluding hydrogens is 240 g/mol. The molecule has 0 radical (unpaired) electrons. The van der Waals surface area contributed by atoms with Gasteiger partial charge in [0, 0.05) is 31.3 Å². The van der Waals surface area contributed by atoms with Crippen LogP contribution in [0.1, 0.15) is 33.6 Å². The van der Waals surface area contributed by atoms with Crippen LogP contribution >= 0.6 is 0 Å². The lowest BCUT2D eigenvalue weighted by molar-refractivity contribution is -0.127. The van der Waals surface area contributed by atoms with Crippen molar-refractivity contribution in [2.75, 3.05) is 5.32 Å². The molecule has 1 aromatic heterocycles. The maximum absolute atomic E-state index is 12.4. The van der Waals surface area contributed by atoms with Gasteiger partial charge in [0.05, 0.1) is 0 Å². The summed E-state index contributed by atoms with van der Waals surface area (Å²) in [5.74, 6) is 0.998. The van der Waals surface area contributed by atoms with Crippen LogP contribution in [-0.2, 0) is 11.8 Å². The zero-order valence-corrected chi connectivity index (χ0v) is 12.2. The first-order valence-electron chi connectivity index (χ1n) is 6.88. The van der Waals surface area contributed by atoms with Gasteiger partial charge in [-0.15, -0.1) is 0 Å². The largest absolute Gasteiger partial charge is 0.327 e. The summed E-state index contributed by atoms with van der Waals surface area (Å²) in [6.45, 7) is 6.42. The molecular formula is C14H24N4O. The predicted octanol–water partition coefficient (Wildman–Crippen LogP) is 1.76. The van der Waals surface area contributed by atoms with Crippen LogP contribution < -0.4 is 11.1 Å². The van der Waals surface area contributed by atoms with Crippen LogP contribution in [0.25, 0.3) is 0 Å². The molecule has 19 heavy (non-hydrogen) atoms. The van der Waals surface area contributed by atoms with Crippen molar-refractivity contribution in [3.05, 3.63) is 12.3 Å². The Morgan fingerprint density at radius 3 is 2.79 bits per heavy atom. The van der Waals surface area contributed by atoms with Crippen molar-refractivity contribution in [3.8, 4) is 0 Å². The van der Waals surface area contributed by atoms with Gasteiger partial charge in [0.1, 0.15) is 0 Å². The topological polar surface area (TPSA) is 72.9 Å². The molecule has 3 N–H and O–H groups in total. The third-order valence-corrected chi connectivity index (χ3v) is 4.78. The molecule has 1 aliphatic rings. The molecule has 0 aliphatic heterocycles. The molecule has 1 saturated carbocycles. The Morgan fingerprint density at radius 2 is 2.21 bits per heavy atom. The number of hydrogen-bond acceptors (Lipinski definition) is 3. The molecule has 0 spiro atoms. The molecule has 5 heteroatoms. The van der Waals surface area contributed by atoms with E-state index in [1.54, 1.807) is 4.68 Å². The number of nitrogens with two attached hydrogens (primary N) is 1. The van der Waals surface area contributed by atoms with Gasteiger partial charge in [0.2, 0.25) is 5.91 Å². The number of amides is 1. The molecule has 0 bridgehead atoms. The highest BCUT2D eigenvalue weighted by atomic mass is 16.2. The highest BCUT2D eigenvalue weighted by Crippen LogP contribution is 2.44. The van der Waals surface area contributed by atoms with Crippen molar-refractivity contribution >= 4 is 11.7 Å². The smallest absolute Gasteiger partial charge is 0.229 e. The quantitative estimate of drug-likeness (QED) is 0.855. The highest BCUT2D eigenvalue weighted by molar-refractivity contribution is 5.92. The maximum atomic E-state index is 12.4.